The van der Waals surface area contributed by atoms with Crippen molar-refractivity contribution in [2.45, 2.75) is 31.8 Å². The van der Waals surface area contributed by atoms with Gasteiger partial charge in [-0.1, -0.05) is 12.8 Å². The summed E-state index contributed by atoms with van der Waals surface area (Å²) >= 11 is 0. The van der Waals surface area contributed by atoms with Crippen molar-refractivity contribution in [3.63, 3.8) is 0 Å². The monoisotopic (exact) mass is 158 g/mol. The normalized spacial score (nSPS) is 31.5. The molecule has 1 rings (SSSR count). The van der Waals surface area contributed by atoms with E-state index >= 15 is 0 Å². The fourth-order valence-corrected chi connectivity index (χ4v) is 1.54. The predicted octanol–water partition coefficient (Wildman–Crippen LogP) is 0.710. The maximum atomic E-state index is 11.0. The van der Waals surface area contributed by atoms with E-state index < -0.39 is 6.10 Å². The summed E-state index contributed by atoms with van der Waals surface area (Å²) in [5.74, 6) is -0.536. The van der Waals surface area contributed by atoms with Gasteiger partial charge in [-0.05, 0) is 12.8 Å². The van der Waals surface area contributed by atoms with Crippen LogP contribution >= 0.6 is 0 Å². The highest BCUT2D eigenvalue weighted by Gasteiger charge is 2.29. The standard InChI is InChI=1S/C8H14O3/c1-11-8(10)6-4-2-3-5-7(6)9/h6-7,9H,2-5H2,1H3/t6-,7-/m0/s1. The van der Waals surface area contributed by atoms with Gasteiger partial charge in [0.25, 0.3) is 0 Å². The number of hydrogen-bond acceptors (Lipinski definition) is 3. The molecular formula is C8H14O3. The lowest BCUT2D eigenvalue weighted by Crippen LogP contribution is -2.31. The zero-order valence-electron chi connectivity index (χ0n) is 6.75. The molecule has 2 atom stereocenters. The topological polar surface area (TPSA) is 46.5 Å². The number of ether oxygens (including phenoxy) is 1. The van der Waals surface area contributed by atoms with Gasteiger partial charge in [0.15, 0.2) is 0 Å². The van der Waals surface area contributed by atoms with E-state index in [0.29, 0.717) is 0 Å². The van der Waals surface area contributed by atoms with Crippen molar-refractivity contribution in [3.05, 3.63) is 0 Å². The number of hydrogen-bond donors (Lipinski definition) is 1. The molecule has 1 fully saturated rings. The minimum Gasteiger partial charge on any atom is -0.469 e. The van der Waals surface area contributed by atoms with Crippen LogP contribution in [0.4, 0.5) is 0 Å². The summed E-state index contributed by atoms with van der Waals surface area (Å²) in [4.78, 5) is 11.0. The van der Waals surface area contributed by atoms with Gasteiger partial charge < -0.3 is 9.84 Å². The minimum atomic E-state index is -0.476. The van der Waals surface area contributed by atoms with Crippen LogP contribution in [0.5, 0.6) is 0 Å². The predicted molar refractivity (Wildman–Crippen MR) is 40.0 cm³/mol. The number of rotatable bonds is 1. The van der Waals surface area contributed by atoms with Crippen molar-refractivity contribution in [2.24, 2.45) is 5.92 Å². The molecule has 1 saturated carbocycles. The van der Waals surface area contributed by atoms with Gasteiger partial charge in [-0.2, -0.15) is 0 Å². The van der Waals surface area contributed by atoms with E-state index in [1.54, 1.807) is 0 Å². The Balaban J connectivity index is 2.47. The molecule has 3 heteroatoms. The van der Waals surface area contributed by atoms with E-state index in [2.05, 4.69) is 4.74 Å². The van der Waals surface area contributed by atoms with Gasteiger partial charge in [-0.3, -0.25) is 4.79 Å². The third-order valence-corrected chi connectivity index (χ3v) is 2.23. The van der Waals surface area contributed by atoms with Crippen LogP contribution < -0.4 is 0 Å². The molecule has 0 saturated heterocycles. The third-order valence-electron chi connectivity index (χ3n) is 2.23. The molecule has 0 aliphatic heterocycles. The van der Waals surface area contributed by atoms with Gasteiger partial charge in [0.2, 0.25) is 0 Å². The second kappa shape index (κ2) is 3.72. The van der Waals surface area contributed by atoms with Gasteiger partial charge in [0, 0.05) is 0 Å². The molecule has 0 heterocycles. The zero-order chi connectivity index (χ0) is 8.27. The number of carbonyl (C=O) groups excluding carboxylic acids is 1. The van der Waals surface area contributed by atoms with Gasteiger partial charge in [-0.25, -0.2) is 0 Å². The Hall–Kier alpha value is -0.570. The van der Waals surface area contributed by atoms with E-state index in [1.165, 1.54) is 7.11 Å². The van der Waals surface area contributed by atoms with Crippen LogP contribution in [-0.4, -0.2) is 24.3 Å². The average Bonchev–Trinajstić information content (AvgIpc) is 2.04. The molecule has 1 N–H and O–H groups in total. The second-order valence-electron chi connectivity index (χ2n) is 2.98. The Morgan fingerprint density at radius 1 is 1.45 bits per heavy atom. The molecule has 1 aliphatic rings. The van der Waals surface area contributed by atoms with E-state index in [4.69, 9.17) is 0 Å². The molecule has 0 bridgehead atoms. The molecule has 0 aromatic heterocycles. The Kier molecular flexibility index (Phi) is 2.88. The van der Waals surface area contributed by atoms with E-state index in [9.17, 15) is 9.90 Å². The molecule has 64 valence electrons. The summed E-state index contributed by atoms with van der Waals surface area (Å²) in [6.45, 7) is 0. The summed E-state index contributed by atoms with van der Waals surface area (Å²) < 4.78 is 4.56. The fraction of sp³-hybridized carbons (Fsp3) is 0.875. The largest absolute Gasteiger partial charge is 0.469 e. The van der Waals surface area contributed by atoms with E-state index in [1.807, 2.05) is 0 Å². The van der Waals surface area contributed by atoms with E-state index in [0.717, 1.165) is 25.7 Å². The molecule has 0 amide bonds. The van der Waals surface area contributed by atoms with Crippen molar-refractivity contribution < 1.29 is 14.6 Å². The lowest BCUT2D eigenvalue weighted by molar-refractivity contribution is -0.151. The number of aliphatic hydroxyl groups is 1. The van der Waals surface area contributed by atoms with Crippen molar-refractivity contribution in [1.29, 1.82) is 0 Å². The maximum absolute atomic E-state index is 11.0. The Morgan fingerprint density at radius 3 is 2.64 bits per heavy atom. The molecule has 0 unspecified atom stereocenters. The summed E-state index contributed by atoms with van der Waals surface area (Å²) in [6.07, 6.45) is 3.08. The summed E-state index contributed by atoms with van der Waals surface area (Å²) in [5.41, 5.74) is 0. The average molecular weight is 158 g/mol. The van der Waals surface area contributed by atoms with Crippen molar-refractivity contribution >= 4 is 5.97 Å². The Labute approximate surface area is 66.4 Å². The quantitative estimate of drug-likeness (QED) is 0.572. The first kappa shape index (κ1) is 8.53. The number of esters is 1. The number of carbonyl (C=O) groups is 1. The molecule has 0 radical (unpaired) electrons. The highest BCUT2D eigenvalue weighted by molar-refractivity contribution is 5.73. The molecule has 0 aromatic carbocycles. The zero-order valence-corrected chi connectivity index (χ0v) is 6.75. The molecule has 11 heavy (non-hydrogen) atoms. The molecular weight excluding hydrogens is 144 g/mol. The number of methoxy groups -OCH3 is 1. The second-order valence-corrected chi connectivity index (χ2v) is 2.98. The molecule has 3 nitrogen and oxygen atoms in total. The van der Waals surface area contributed by atoms with Crippen LogP contribution in [0.15, 0.2) is 0 Å². The van der Waals surface area contributed by atoms with Crippen LogP contribution in [0.3, 0.4) is 0 Å². The highest BCUT2D eigenvalue weighted by atomic mass is 16.5. The lowest BCUT2D eigenvalue weighted by atomic mass is 9.87. The first-order valence-corrected chi connectivity index (χ1v) is 4.01. The fourth-order valence-electron chi connectivity index (χ4n) is 1.54. The van der Waals surface area contributed by atoms with Gasteiger partial charge >= 0.3 is 5.97 Å². The van der Waals surface area contributed by atoms with Crippen LogP contribution in [0.1, 0.15) is 25.7 Å². The minimum absolute atomic E-state index is 0.266. The van der Waals surface area contributed by atoms with Gasteiger partial charge in [0.05, 0.1) is 19.1 Å². The SMILES string of the molecule is COC(=O)[C@H]1CCCC[C@@H]1O. The molecule has 1 aliphatic carbocycles. The van der Waals surface area contributed by atoms with Crippen LogP contribution in [0.2, 0.25) is 0 Å². The summed E-state index contributed by atoms with van der Waals surface area (Å²) in [7, 11) is 1.36. The lowest BCUT2D eigenvalue weighted by Gasteiger charge is -2.24. The molecule has 0 spiro atoms. The van der Waals surface area contributed by atoms with Crippen LogP contribution in [-0.2, 0) is 9.53 Å². The number of aliphatic hydroxyl groups excluding tert-OH is 1. The highest BCUT2D eigenvalue weighted by Crippen LogP contribution is 2.24. The van der Waals surface area contributed by atoms with Crippen LogP contribution in [0.25, 0.3) is 0 Å². The first-order valence-electron chi connectivity index (χ1n) is 4.01. The maximum Gasteiger partial charge on any atom is 0.311 e. The summed E-state index contributed by atoms with van der Waals surface area (Å²) in [6, 6.07) is 0. The Morgan fingerprint density at radius 2 is 2.09 bits per heavy atom. The van der Waals surface area contributed by atoms with Gasteiger partial charge in [0.1, 0.15) is 0 Å². The smallest absolute Gasteiger partial charge is 0.311 e. The van der Waals surface area contributed by atoms with Crippen molar-refractivity contribution in [2.75, 3.05) is 7.11 Å². The third kappa shape index (κ3) is 1.93. The Bertz CT molecular complexity index is 144. The van der Waals surface area contributed by atoms with Crippen LogP contribution in [0, 0.1) is 5.92 Å². The van der Waals surface area contributed by atoms with Crippen molar-refractivity contribution in [3.8, 4) is 0 Å². The van der Waals surface area contributed by atoms with E-state index in [-0.39, 0.29) is 11.9 Å². The molecule has 0 aromatic rings. The van der Waals surface area contributed by atoms with Gasteiger partial charge in [-0.15, -0.1) is 0 Å². The summed E-state index contributed by atoms with van der Waals surface area (Å²) in [5, 5.41) is 9.37. The first-order chi connectivity index (χ1) is 5.25. The van der Waals surface area contributed by atoms with Crippen molar-refractivity contribution in [1.82, 2.24) is 0 Å².